The van der Waals surface area contributed by atoms with E-state index in [2.05, 4.69) is 10.5 Å². The van der Waals surface area contributed by atoms with E-state index in [0.717, 1.165) is 22.6 Å². The number of nitrogens with one attached hydrogen (secondary N) is 1. The monoisotopic (exact) mass is 412 g/mol. The maximum atomic E-state index is 12.1. The summed E-state index contributed by atoms with van der Waals surface area (Å²) in [6, 6.07) is 12.4. The molecule has 0 aliphatic rings. The molecule has 0 saturated carbocycles. The van der Waals surface area contributed by atoms with Crippen LogP contribution in [0.4, 0.5) is 5.69 Å². The molecule has 150 valence electrons. The molecule has 0 spiro atoms. The zero-order chi connectivity index (χ0) is 20.8. The second-order valence-corrected chi connectivity index (χ2v) is 6.77. The quantitative estimate of drug-likeness (QED) is 0.541. The number of ether oxygens (including phenoxy) is 2. The van der Waals surface area contributed by atoms with Crippen molar-refractivity contribution in [1.82, 2.24) is 5.16 Å². The van der Waals surface area contributed by atoms with Crippen molar-refractivity contribution in [2.24, 2.45) is 0 Å². The number of carbonyl (C=O) groups is 1. The number of nitrogens with zero attached hydrogens (tertiary/aromatic N) is 1. The van der Waals surface area contributed by atoms with E-state index >= 15 is 0 Å². The number of hydrogen-bond donors (Lipinski definition) is 1. The van der Waals surface area contributed by atoms with Gasteiger partial charge in [0.1, 0.15) is 12.4 Å². The maximum absolute atomic E-state index is 12.1. The highest BCUT2D eigenvalue weighted by atomic mass is 35.5. The van der Waals surface area contributed by atoms with Crippen molar-refractivity contribution < 1.29 is 18.8 Å². The van der Waals surface area contributed by atoms with Crippen LogP contribution in [-0.2, 0) is 11.4 Å². The zero-order valence-corrected chi connectivity index (χ0v) is 17.1. The normalized spacial score (nSPS) is 10.9. The van der Waals surface area contributed by atoms with Crippen molar-refractivity contribution in [3.63, 3.8) is 0 Å². The molecule has 1 aromatic heterocycles. The van der Waals surface area contributed by atoms with Gasteiger partial charge in [0.25, 0.3) is 0 Å². The van der Waals surface area contributed by atoms with Gasteiger partial charge in [0.15, 0.2) is 11.5 Å². The topological polar surface area (TPSA) is 73.6 Å². The number of benzene rings is 2. The molecule has 0 aliphatic heterocycles. The molecular formula is C22H21ClN2O4. The van der Waals surface area contributed by atoms with Crippen molar-refractivity contribution >= 4 is 29.3 Å². The van der Waals surface area contributed by atoms with Gasteiger partial charge in [0.2, 0.25) is 5.91 Å². The predicted octanol–water partition coefficient (Wildman–Crippen LogP) is 5.18. The molecule has 6 nitrogen and oxygen atoms in total. The van der Waals surface area contributed by atoms with Gasteiger partial charge in [-0.3, -0.25) is 4.79 Å². The lowest BCUT2D eigenvalue weighted by molar-refractivity contribution is -0.111. The average Bonchev–Trinajstić information content (AvgIpc) is 3.04. The summed E-state index contributed by atoms with van der Waals surface area (Å²) in [6.45, 7) is 4.05. The molecular weight excluding hydrogens is 392 g/mol. The standard InChI is InChI=1S/C22H21ClN2O4/c1-14-19(15(2)29-25-14)13-28-20-10-4-16(12-21(20)27-3)5-11-22(26)24-18-8-6-17(23)7-9-18/h4-12H,13H2,1-3H3,(H,24,26)/b11-5+. The summed E-state index contributed by atoms with van der Waals surface area (Å²) < 4.78 is 16.4. The maximum Gasteiger partial charge on any atom is 0.248 e. The van der Waals surface area contributed by atoms with E-state index in [1.54, 1.807) is 49.6 Å². The summed E-state index contributed by atoms with van der Waals surface area (Å²) >= 11 is 5.84. The molecule has 29 heavy (non-hydrogen) atoms. The highest BCUT2D eigenvalue weighted by Crippen LogP contribution is 2.30. The Balaban J connectivity index is 1.65. The van der Waals surface area contributed by atoms with Gasteiger partial charge in [-0.1, -0.05) is 22.8 Å². The van der Waals surface area contributed by atoms with Crippen LogP contribution in [0.1, 0.15) is 22.6 Å². The van der Waals surface area contributed by atoms with E-state index in [9.17, 15) is 4.79 Å². The number of hydrogen-bond acceptors (Lipinski definition) is 5. The van der Waals surface area contributed by atoms with Gasteiger partial charge in [-0.05, 0) is 61.9 Å². The minimum absolute atomic E-state index is 0.245. The van der Waals surface area contributed by atoms with E-state index in [0.29, 0.717) is 28.8 Å². The first kappa shape index (κ1) is 20.5. The van der Waals surface area contributed by atoms with E-state index in [4.69, 9.17) is 25.6 Å². The molecule has 0 radical (unpaired) electrons. The lowest BCUT2D eigenvalue weighted by Gasteiger charge is -2.11. The Bertz CT molecular complexity index is 1010. The highest BCUT2D eigenvalue weighted by molar-refractivity contribution is 6.30. The molecule has 7 heteroatoms. The SMILES string of the molecule is COc1cc(/C=C/C(=O)Nc2ccc(Cl)cc2)ccc1OCc1c(C)noc1C. The fraction of sp³-hybridized carbons (Fsp3) is 0.182. The molecule has 2 aromatic carbocycles. The third-order valence-corrected chi connectivity index (χ3v) is 4.53. The molecule has 0 unspecified atom stereocenters. The molecule has 1 amide bonds. The first-order valence-corrected chi connectivity index (χ1v) is 9.31. The van der Waals surface area contributed by atoms with Gasteiger partial charge in [0.05, 0.1) is 18.4 Å². The first-order chi connectivity index (χ1) is 14.0. The number of anilines is 1. The Morgan fingerprint density at radius 1 is 1.17 bits per heavy atom. The zero-order valence-electron chi connectivity index (χ0n) is 16.4. The number of carbonyl (C=O) groups excluding carboxylic acids is 1. The summed E-state index contributed by atoms with van der Waals surface area (Å²) in [5, 5.41) is 7.30. The van der Waals surface area contributed by atoms with E-state index in [1.165, 1.54) is 6.08 Å². The molecule has 0 saturated heterocycles. The van der Waals surface area contributed by atoms with Crippen molar-refractivity contribution in [1.29, 1.82) is 0 Å². The second kappa shape index (κ2) is 9.30. The second-order valence-electron chi connectivity index (χ2n) is 6.33. The third kappa shape index (κ3) is 5.39. The smallest absolute Gasteiger partial charge is 0.248 e. The molecule has 0 bridgehead atoms. The van der Waals surface area contributed by atoms with Crippen LogP contribution in [0.3, 0.4) is 0 Å². The van der Waals surface area contributed by atoms with Gasteiger partial charge < -0.3 is 19.3 Å². The summed E-state index contributed by atoms with van der Waals surface area (Å²) in [7, 11) is 1.57. The number of rotatable bonds is 7. The first-order valence-electron chi connectivity index (χ1n) is 8.93. The minimum atomic E-state index is -0.245. The van der Waals surface area contributed by atoms with E-state index in [-0.39, 0.29) is 5.91 Å². The molecule has 3 rings (SSSR count). The number of halogens is 1. The van der Waals surface area contributed by atoms with Gasteiger partial charge in [-0.15, -0.1) is 0 Å². The fourth-order valence-corrected chi connectivity index (χ4v) is 2.78. The van der Waals surface area contributed by atoms with Gasteiger partial charge in [-0.2, -0.15) is 0 Å². The van der Waals surface area contributed by atoms with Crippen molar-refractivity contribution in [3.8, 4) is 11.5 Å². The van der Waals surface area contributed by atoms with Crippen molar-refractivity contribution in [2.45, 2.75) is 20.5 Å². The summed E-state index contributed by atoms with van der Waals surface area (Å²) in [5.74, 6) is 1.64. The molecule has 0 atom stereocenters. The fourth-order valence-electron chi connectivity index (χ4n) is 2.65. The van der Waals surface area contributed by atoms with Crippen LogP contribution in [0.15, 0.2) is 53.1 Å². The molecule has 0 fully saturated rings. The number of methoxy groups -OCH3 is 1. The minimum Gasteiger partial charge on any atom is -0.493 e. The van der Waals surface area contributed by atoms with Crippen LogP contribution < -0.4 is 14.8 Å². The van der Waals surface area contributed by atoms with Crippen LogP contribution in [-0.4, -0.2) is 18.2 Å². The molecule has 1 heterocycles. The number of amides is 1. The third-order valence-electron chi connectivity index (χ3n) is 4.28. The number of aromatic nitrogens is 1. The predicted molar refractivity (Wildman–Crippen MR) is 112 cm³/mol. The lowest BCUT2D eigenvalue weighted by Crippen LogP contribution is -2.07. The Morgan fingerprint density at radius 3 is 2.59 bits per heavy atom. The summed E-state index contributed by atoms with van der Waals surface area (Å²) in [6.07, 6.45) is 3.15. The van der Waals surface area contributed by atoms with Crippen molar-refractivity contribution in [2.75, 3.05) is 12.4 Å². The summed E-state index contributed by atoms with van der Waals surface area (Å²) in [5.41, 5.74) is 3.19. The summed E-state index contributed by atoms with van der Waals surface area (Å²) in [4.78, 5) is 12.1. The van der Waals surface area contributed by atoms with Gasteiger partial charge >= 0.3 is 0 Å². The van der Waals surface area contributed by atoms with Crippen LogP contribution in [0.5, 0.6) is 11.5 Å². The Hall–Kier alpha value is -3.25. The largest absolute Gasteiger partial charge is 0.493 e. The van der Waals surface area contributed by atoms with E-state index in [1.807, 2.05) is 19.9 Å². The molecule has 3 aromatic rings. The van der Waals surface area contributed by atoms with Crippen LogP contribution in [0, 0.1) is 13.8 Å². The average molecular weight is 413 g/mol. The highest BCUT2D eigenvalue weighted by Gasteiger charge is 2.12. The Labute approximate surface area is 174 Å². The molecule has 1 N–H and O–H groups in total. The Morgan fingerprint density at radius 2 is 1.93 bits per heavy atom. The van der Waals surface area contributed by atoms with E-state index < -0.39 is 0 Å². The van der Waals surface area contributed by atoms with Crippen LogP contribution in [0.2, 0.25) is 5.02 Å². The molecule has 0 aliphatic carbocycles. The lowest BCUT2D eigenvalue weighted by atomic mass is 10.2. The van der Waals surface area contributed by atoms with Gasteiger partial charge in [-0.25, -0.2) is 0 Å². The van der Waals surface area contributed by atoms with Crippen LogP contribution >= 0.6 is 11.6 Å². The Kier molecular flexibility index (Phi) is 6.57. The number of aryl methyl sites for hydroxylation is 2. The van der Waals surface area contributed by atoms with Crippen LogP contribution in [0.25, 0.3) is 6.08 Å². The van der Waals surface area contributed by atoms with Gasteiger partial charge in [0, 0.05) is 16.8 Å². The van der Waals surface area contributed by atoms with Crippen molar-refractivity contribution in [3.05, 3.63) is 76.1 Å².